The number of hydrogen-bond acceptors (Lipinski definition) is 0. The average molecular weight is 725 g/mol. The van der Waals surface area contributed by atoms with Crippen molar-refractivity contribution in [2.75, 3.05) is 0 Å². The van der Waals surface area contributed by atoms with Gasteiger partial charge >= 0.3 is 0 Å². The lowest BCUT2D eigenvalue weighted by Crippen LogP contribution is -2.32. The Kier molecular flexibility index (Phi) is 6.24. The second-order valence-corrected chi connectivity index (χ2v) is 15.9. The molecule has 2 nitrogen and oxygen atoms in total. The molecule has 57 heavy (non-hydrogen) atoms. The summed E-state index contributed by atoms with van der Waals surface area (Å²) in [7, 11) is 0. The van der Waals surface area contributed by atoms with Gasteiger partial charge in [0.15, 0.2) is 0 Å². The number of para-hydroxylation sites is 3. The van der Waals surface area contributed by atoms with Gasteiger partial charge in [-0.25, -0.2) is 0 Å². The minimum absolute atomic E-state index is 0.268. The fourth-order valence-electron chi connectivity index (χ4n) is 11.0. The van der Waals surface area contributed by atoms with Crippen LogP contribution in [0.3, 0.4) is 0 Å². The van der Waals surface area contributed by atoms with Gasteiger partial charge in [-0.1, -0.05) is 152 Å². The molecule has 2 heteroatoms. The van der Waals surface area contributed by atoms with E-state index < -0.39 is 0 Å². The molecule has 1 unspecified atom stereocenters. The van der Waals surface area contributed by atoms with Crippen molar-refractivity contribution in [3.63, 3.8) is 0 Å². The zero-order chi connectivity index (χ0) is 37.2. The van der Waals surface area contributed by atoms with E-state index in [9.17, 15) is 0 Å². The first-order chi connectivity index (χ1) is 28.3. The Morgan fingerprint density at radius 3 is 1.67 bits per heavy atom. The maximum Gasteiger partial charge on any atom is 0.0726 e. The number of nitrogens with zero attached hydrogens (tertiary/aromatic N) is 2. The highest BCUT2D eigenvalue weighted by Crippen LogP contribution is 2.62. The molecule has 1 spiro atoms. The summed E-state index contributed by atoms with van der Waals surface area (Å²) in [6.45, 7) is 0. The predicted molar refractivity (Wildman–Crippen MR) is 236 cm³/mol. The fraction of sp³-hybridized carbons (Fsp3) is 0.0545. The summed E-state index contributed by atoms with van der Waals surface area (Å²) in [6, 6.07) is 70.2. The third kappa shape index (κ3) is 4.04. The number of hydrogen-bond donors (Lipinski definition) is 0. The van der Waals surface area contributed by atoms with Gasteiger partial charge in [0.2, 0.25) is 0 Å². The molecule has 0 saturated heterocycles. The maximum atomic E-state index is 2.54. The molecular formula is C55H36N2. The van der Waals surface area contributed by atoms with Crippen LogP contribution in [0.15, 0.2) is 188 Å². The summed E-state index contributed by atoms with van der Waals surface area (Å²) in [5.74, 6) is 0.268. The van der Waals surface area contributed by atoms with E-state index in [0.29, 0.717) is 0 Å². The van der Waals surface area contributed by atoms with Crippen LogP contribution >= 0.6 is 0 Å². The van der Waals surface area contributed by atoms with Gasteiger partial charge in [0.1, 0.15) is 0 Å². The molecule has 2 aromatic heterocycles. The highest BCUT2D eigenvalue weighted by molar-refractivity contribution is 6.09. The lowest BCUT2D eigenvalue weighted by molar-refractivity contribution is 0.792. The van der Waals surface area contributed by atoms with E-state index >= 15 is 0 Å². The van der Waals surface area contributed by atoms with Crippen molar-refractivity contribution in [2.24, 2.45) is 0 Å². The van der Waals surface area contributed by atoms with Gasteiger partial charge in [-0.15, -0.1) is 0 Å². The molecule has 8 aromatic carbocycles. The number of aromatic nitrogens is 2. The summed E-state index contributed by atoms with van der Waals surface area (Å²) < 4.78 is 4.93. The Bertz CT molecular complexity index is 3390. The first-order valence-electron chi connectivity index (χ1n) is 20.1. The van der Waals surface area contributed by atoms with E-state index in [1.54, 1.807) is 0 Å². The molecule has 3 aliphatic carbocycles. The first-order valence-corrected chi connectivity index (χ1v) is 20.1. The van der Waals surface area contributed by atoms with E-state index in [-0.39, 0.29) is 11.3 Å². The largest absolute Gasteiger partial charge is 0.310 e. The minimum Gasteiger partial charge on any atom is -0.310 e. The van der Waals surface area contributed by atoms with Crippen molar-refractivity contribution in [3.8, 4) is 33.6 Å². The highest BCUT2D eigenvalue weighted by atomic mass is 15.0. The van der Waals surface area contributed by atoms with Crippen molar-refractivity contribution < 1.29 is 0 Å². The lowest BCUT2D eigenvalue weighted by Gasteiger charge is -2.30. The van der Waals surface area contributed by atoms with Gasteiger partial charge in [-0.2, -0.15) is 0 Å². The molecule has 3 aliphatic rings. The normalized spacial score (nSPS) is 15.5. The Labute approximate surface area is 330 Å². The fourth-order valence-corrected chi connectivity index (χ4v) is 11.0. The maximum absolute atomic E-state index is 2.54. The van der Waals surface area contributed by atoms with Crippen LogP contribution in [0.5, 0.6) is 0 Å². The molecule has 2 heterocycles. The van der Waals surface area contributed by atoms with Gasteiger partial charge < -0.3 is 9.13 Å². The molecule has 0 radical (unpaired) electrons. The molecule has 10 aromatic rings. The van der Waals surface area contributed by atoms with Crippen molar-refractivity contribution in [2.45, 2.75) is 17.8 Å². The average Bonchev–Trinajstić information content (AvgIpc) is 3.98. The number of rotatable bonds is 3. The standard InChI is InChI=1S/C55H36N2/c1-2-14-37(15-3-1)56-51-24-12-7-19-43(51)45-32-35(26-30-53(45)56)36-27-31-54-46(33-36)44-20-8-13-25-52(44)57(54)38-28-29-42-41-18-6-11-23-49(41)55(50(42)34-38)47-21-9-4-16-39(47)40-17-5-10-22-48(40)55/h1-26,28-34,36H,27H2. The zero-order valence-corrected chi connectivity index (χ0v) is 31.2. The second-order valence-electron chi connectivity index (χ2n) is 15.9. The molecule has 0 fully saturated rings. The Morgan fingerprint density at radius 1 is 0.404 bits per heavy atom. The van der Waals surface area contributed by atoms with Crippen molar-refractivity contribution >= 4 is 44.9 Å². The third-order valence-electron chi connectivity index (χ3n) is 13.3. The highest BCUT2D eigenvalue weighted by Gasteiger charge is 2.51. The smallest absolute Gasteiger partial charge is 0.0726 e. The summed E-state index contributed by atoms with van der Waals surface area (Å²) in [4.78, 5) is 0. The molecule has 0 bridgehead atoms. The Hall–Kier alpha value is -7.16. The van der Waals surface area contributed by atoms with Crippen LogP contribution in [0.2, 0.25) is 0 Å². The van der Waals surface area contributed by atoms with Gasteiger partial charge in [-0.05, 0) is 105 Å². The van der Waals surface area contributed by atoms with E-state index in [4.69, 9.17) is 0 Å². The lowest BCUT2D eigenvalue weighted by atomic mass is 9.70. The predicted octanol–water partition coefficient (Wildman–Crippen LogP) is 11.8. The molecule has 266 valence electrons. The summed E-state index contributed by atoms with van der Waals surface area (Å²) >= 11 is 0. The third-order valence-corrected chi connectivity index (χ3v) is 13.3. The summed E-state index contributed by atoms with van der Waals surface area (Å²) in [5.41, 5.74) is 17.9. The number of benzene rings is 8. The van der Waals surface area contributed by atoms with Crippen LogP contribution < -0.4 is 10.6 Å². The van der Waals surface area contributed by atoms with Crippen LogP contribution in [-0.4, -0.2) is 9.13 Å². The van der Waals surface area contributed by atoms with Gasteiger partial charge in [-0.3, -0.25) is 0 Å². The minimum atomic E-state index is -0.374. The topological polar surface area (TPSA) is 9.86 Å². The van der Waals surface area contributed by atoms with Gasteiger partial charge in [0.25, 0.3) is 0 Å². The molecule has 1 atom stereocenters. The van der Waals surface area contributed by atoms with Crippen molar-refractivity contribution in [1.29, 1.82) is 0 Å². The summed E-state index contributed by atoms with van der Waals surface area (Å²) in [6.07, 6.45) is 5.97. The van der Waals surface area contributed by atoms with Crippen LogP contribution in [0.1, 0.15) is 40.2 Å². The van der Waals surface area contributed by atoms with Crippen molar-refractivity contribution in [1.82, 2.24) is 9.13 Å². The Morgan fingerprint density at radius 2 is 0.965 bits per heavy atom. The summed E-state index contributed by atoms with van der Waals surface area (Å²) in [5, 5.41) is 6.50. The molecule has 0 aliphatic heterocycles. The van der Waals surface area contributed by atoms with Gasteiger partial charge in [0, 0.05) is 44.0 Å². The monoisotopic (exact) mass is 724 g/mol. The quantitative estimate of drug-likeness (QED) is 0.172. The van der Waals surface area contributed by atoms with Crippen LogP contribution in [-0.2, 0) is 5.41 Å². The number of fused-ring (bicyclic) bond motifs is 16. The van der Waals surface area contributed by atoms with E-state index in [0.717, 1.165) is 6.42 Å². The van der Waals surface area contributed by atoms with Gasteiger partial charge in [0.05, 0.1) is 22.0 Å². The molecule has 0 saturated carbocycles. The first kappa shape index (κ1) is 31.1. The molecule has 0 amide bonds. The zero-order valence-electron chi connectivity index (χ0n) is 31.2. The van der Waals surface area contributed by atoms with Crippen LogP contribution in [0, 0.1) is 0 Å². The Balaban J connectivity index is 1.00. The van der Waals surface area contributed by atoms with E-state index in [2.05, 4.69) is 209 Å². The molecule has 13 rings (SSSR count). The van der Waals surface area contributed by atoms with E-state index in [1.807, 2.05) is 0 Å². The molecule has 0 N–H and O–H groups in total. The van der Waals surface area contributed by atoms with Crippen molar-refractivity contribution in [3.05, 3.63) is 226 Å². The SMILES string of the molecule is C1=c2c(n(-c3ccc4c(c3)C3(c5ccccc5-c5ccccc53)c3ccccc3-4)c3ccccc23)=CCC1c1ccc2c(c1)c1ccccc1n2-c1ccccc1. The molecular weight excluding hydrogens is 689 g/mol. The van der Waals surface area contributed by atoms with Crippen LogP contribution in [0.25, 0.3) is 78.5 Å². The van der Waals surface area contributed by atoms with Crippen LogP contribution in [0.4, 0.5) is 0 Å². The second kappa shape index (κ2) is 11.4. The van der Waals surface area contributed by atoms with E-state index in [1.165, 1.54) is 105 Å².